The first-order valence-corrected chi connectivity index (χ1v) is 6.72. The average Bonchev–Trinajstić information content (AvgIpc) is 2.80. The summed E-state index contributed by atoms with van der Waals surface area (Å²) in [5.74, 6) is 0.454. The van der Waals surface area contributed by atoms with E-state index in [1.807, 2.05) is 22.7 Å². The van der Waals surface area contributed by atoms with Crippen molar-refractivity contribution >= 4 is 39.2 Å². The Bertz CT molecular complexity index is 711. The second kappa shape index (κ2) is 4.58. The molecule has 3 aromatic heterocycles. The molecule has 5 nitrogen and oxygen atoms in total. The Hall–Kier alpha value is -1.60. The first-order chi connectivity index (χ1) is 8.74. The highest BCUT2D eigenvalue weighted by Crippen LogP contribution is 2.32. The Labute approximate surface area is 116 Å². The molecule has 2 N–H and O–H groups in total. The van der Waals surface area contributed by atoms with Gasteiger partial charge in [0.05, 0.1) is 10.7 Å². The van der Waals surface area contributed by atoms with Crippen molar-refractivity contribution < 1.29 is 0 Å². The van der Waals surface area contributed by atoms with Crippen molar-refractivity contribution in [1.29, 1.82) is 0 Å². The summed E-state index contributed by atoms with van der Waals surface area (Å²) in [6.07, 6.45) is 7.03. The number of hydrogen-bond acceptors (Lipinski definition) is 5. The van der Waals surface area contributed by atoms with Gasteiger partial charge in [-0.2, -0.15) is 0 Å². The number of nitrogens with zero attached hydrogens (tertiary/aromatic N) is 4. The van der Waals surface area contributed by atoms with Gasteiger partial charge in [0.15, 0.2) is 5.65 Å². The van der Waals surface area contributed by atoms with Gasteiger partial charge < -0.3 is 10.1 Å². The number of imidazole rings is 1. The fourth-order valence-corrected chi connectivity index (χ4v) is 2.89. The number of fused-ring (bicyclic) bond motifs is 1. The van der Waals surface area contributed by atoms with Crippen LogP contribution in [0.5, 0.6) is 0 Å². The Morgan fingerprint density at radius 3 is 2.94 bits per heavy atom. The topological polar surface area (TPSA) is 69.1 Å². The van der Waals surface area contributed by atoms with Gasteiger partial charge in [0.2, 0.25) is 0 Å². The van der Waals surface area contributed by atoms with Crippen molar-refractivity contribution in [1.82, 2.24) is 19.4 Å². The van der Waals surface area contributed by atoms with Gasteiger partial charge in [-0.15, -0.1) is 0 Å². The number of hydrogen-bond donors (Lipinski definition) is 1. The number of halogens is 1. The summed E-state index contributed by atoms with van der Waals surface area (Å²) in [7, 11) is 0. The molecule has 0 radical (unpaired) electrons. The summed E-state index contributed by atoms with van der Waals surface area (Å²) in [6, 6.07) is 3.80. The molecule has 18 heavy (non-hydrogen) atoms. The normalized spacial score (nSPS) is 10.9. The van der Waals surface area contributed by atoms with Gasteiger partial charge >= 0.3 is 0 Å². The van der Waals surface area contributed by atoms with Crippen LogP contribution in [-0.2, 0) is 0 Å². The van der Waals surface area contributed by atoms with Crippen LogP contribution < -0.4 is 5.73 Å². The third kappa shape index (κ3) is 2.06. The summed E-state index contributed by atoms with van der Waals surface area (Å²) in [4.78, 5) is 12.9. The van der Waals surface area contributed by atoms with Gasteiger partial charge in [0.25, 0.3) is 0 Å². The summed E-state index contributed by atoms with van der Waals surface area (Å²) in [6.45, 7) is 0. The van der Waals surface area contributed by atoms with E-state index < -0.39 is 0 Å². The van der Waals surface area contributed by atoms with Crippen molar-refractivity contribution in [3.63, 3.8) is 0 Å². The molecule has 0 saturated carbocycles. The van der Waals surface area contributed by atoms with Crippen molar-refractivity contribution in [3.8, 4) is 0 Å². The Balaban J connectivity index is 2.10. The van der Waals surface area contributed by atoms with E-state index in [9.17, 15) is 0 Å². The molecule has 3 heterocycles. The number of nitrogens with two attached hydrogens (primary N) is 1. The van der Waals surface area contributed by atoms with E-state index >= 15 is 0 Å². The molecule has 0 amide bonds. The van der Waals surface area contributed by atoms with E-state index in [0.717, 1.165) is 20.2 Å². The van der Waals surface area contributed by atoms with Gasteiger partial charge in [-0.25, -0.2) is 15.0 Å². The fraction of sp³-hybridized carbons (Fsp3) is 0. The van der Waals surface area contributed by atoms with Crippen LogP contribution in [0, 0.1) is 0 Å². The standard InChI is InChI=1S/C11H8BrN5S/c12-7-2-1-3-15-10(7)18-11-9-14-4-5-17(9)6-8(13)16-11/h1-6H,13H2. The predicted octanol–water partition coefficient (Wildman–Crippen LogP) is 2.62. The van der Waals surface area contributed by atoms with Gasteiger partial charge in [0.1, 0.15) is 15.9 Å². The Kier molecular flexibility index (Phi) is 2.92. The lowest BCUT2D eigenvalue weighted by molar-refractivity contribution is 1.03. The van der Waals surface area contributed by atoms with Crippen LogP contribution in [0.25, 0.3) is 5.65 Å². The second-order valence-electron chi connectivity index (χ2n) is 3.52. The lowest BCUT2D eigenvalue weighted by Gasteiger charge is -2.05. The largest absolute Gasteiger partial charge is 0.382 e. The van der Waals surface area contributed by atoms with Crippen LogP contribution in [0.4, 0.5) is 5.82 Å². The minimum atomic E-state index is 0.454. The first kappa shape index (κ1) is 11.5. The second-order valence-corrected chi connectivity index (χ2v) is 5.35. The molecule has 0 aliphatic carbocycles. The Morgan fingerprint density at radius 1 is 1.22 bits per heavy atom. The average molecular weight is 322 g/mol. The van der Waals surface area contributed by atoms with Gasteiger partial charge in [-0.3, -0.25) is 0 Å². The minimum Gasteiger partial charge on any atom is -0.382 e. The van der Waals surface area contributed by atoms with Gasteiger partial charge in [0, 0.05) is 18.6 Å². The highest BCUT2D eigenvalue weighted by Gasteiger charge is 2.10. The van der Waals surface area contributed by atoms with E-state index in [0.29, 0.717) is 5.82 Å². The maximum absolute atomic E-state index is 5.77. The number of aromatic nitrogens is 4. The lowest BCUT2D eigenvalue weighted by Crippen LogP contribution is -1.97. The highest BCUT2D eigenvalue weighted by atomic mass is 79.9. The minimum absolute atomic E-state index is 0.454. The quantitative estimate of drug-likeness (QED) is 0.785. The summed E-state index contributed by atoms with van der Waals surface area (Å²) in [5, 5.41) is 1.57. The van der Waals surface area contributed by atoms with Crippen LogP contribution in [0.15, 0.2) is 51.4 Å². The number of rotatable bonds is 2. The molecule has 0 spiro atoms. The van der Waals surface area contributed by atoms with Crippen molar-refractivity contribution in [2.75, 3.05) is 5.73 Å². The molecule has 3 rings (SSSR count). The van der Waals surface area contributed by atoms with Gasteiger partial charge in [-0.1, -0.05) is 0 Å². The predicted molar refractivity (Wildman–Crippen MR) is 73.5 cm³/mol. The molecular weight excluding hydrogens is 314 g/mol. The summed E-state index contributed by atoms with van der Waals surface area (Å²) in [5.41, 5.74) is 6.54. The zero-order chi connectivity index (χ0) is 12.5. The zero-order valence-corrected chi connectivity index (χ0v) is 11.5. The molecule has 0 saturated heterocycles. The SMILES string of the molecule is Nc1cn2ccnc2c(Sc2ncccc2Br)n1. The third-order valence-corrected chi connectivity index (χ3v) is 4.17. The molecule has 0 fully saturated rings. The molecular formula is C11H8BrN5S. The van der Waals surface area contributed by atoms with E-state index in [1.54, 1.807) is 18.6 Å². The number of nitrogen functional groups attached to an aromatic ring is 1. The monoisotopic (exact) mass is 321 g/mol. The lowest BCUT2D eigenvalue weighted by atomic mass is 10.5. The van der Waals surface area contributed by atoms with E-state index in [1.165, 1.54) is 11.8 Å². The van der Waals surface area contributed by atoms with Crippen molar-refractivity contribution in [3.05, 3.63) is 41.4 Å². The molecule has 0 bridgehead atoms. The first-order valence-electron chi connectivity index (χ1n) is 5.11. The number of anilines is 1. The van der Waals surface area contributed by atoms with Crippen LogP contribution in [0.2, 0.25) is 0 Å². The number of pyridine rings is 1. The molecule has 0 atom stereocenters. The molecule has 0 aliphatic heterocycles. The molecule has 0 unspecified atom stereocenters. The highest BCUT2D eigenvalue weighted by molar-refractivity contribution is 9.10. The zero-order valence-electron chi connectivity index (χ0n) is 9.12. The summed E-state index contributed by atoms with van der Waals surface area (Å²) >= 11 is 4.89. The maximum atomic E-state index is 5.77. The molecule has 0 aromatic carbocycles. The van der Waals surface area contributed by atoms with E-state index in [4.69, 9.17) is 5.73 Å². The smallest absolute Gasteiger partial charge is 0.170 e. The van der Waals surface area contributed by atoms with Crippen molar-refractivity contribution in [2.24, 2.45) is 0 Å². The Morgan fingerprint density at radius 2 is 2.11 bits per heavy atom. The van der Waals surface area contributed by atoms with Crippen molar-refractivity contribution in [2.45, 2.75) is 10.1 Å². The molecule has 3 aromatic rings. The molecule has 7 heteroatoms. The van der Waals surface area contributed by atoms with E-state index in [2.05, 4.69) is 30.9 Å². The third-order valence-electron chi connectivity index (χ3n) is 2.28. The van der Waals surface area contributed by atoms with Crippen LogP contribution in [0.3, 0.4) is 0 Å². The summed E-state index contributed by atoms with van der Waals surface area (Å²) < 4.78 is 2.77. The van der Waals surface area contributed by atoms with Crippen LogP contribution >= 0.6 is 27.7 Å². The van der Waals surface area contributed by atoms with Gasteiger partial charge in [-0.05, 0) is 39.8 Å². The molecule has 90 valence electrons. The maximum Gasteiger partial charge on any atom is 0.170 e. The van der Waals surface area contributed by atoms with Crippen LogP contribution in [0.1, 0.15) is 0 Å². The van der Waals surface area contributed by atoms with E-state index in [-0.39, 0.29) is 0 Å². The molecule has 0 aliphatic rings. The van der Waals surface area contributed by atoms with Crippen LogP contribution in [-0.4, -0.2) is 19.4 Å². The fourth-order valence-electron chi connectivity index (χ4n) is 1.53.